The van der Waals surface area contributed by atoms with Crippen LogP contribution in [0.5, 0.6) is 0 Å². The predicted molar refractivity (Wildman–Crippen MR) is 125 cm³/mol. The summed E-state index contributed by atoms with van der Waals surface area (Å²) in [6, 6.07) is 5.34. The fourth-order valence-corrected chi connectivity index (χ4v) is 5.64. The van der Waals surface area contributed by atoms with Crippen molar-refractivity contribution in [3.8, 4) is 0 Å². The van der Waals surface area contributed by atoms with Gasteiger partial charge in [-0.3, -0.25) is 4.79 Å². The molecule has 0 unspecified atom stereocenters. The minimum absolute atomic E-state index is 0.0890. The van der Waals surface area contributed by atoms with E-state index in [9.17, 15) is 13.2 Å². The molecule has 1 aromatic rings. The molecule has 0 atom stereocenters. The fraction of sp³-hybridized carbons (Fsp3) is 0.478. The molecule has 2 aliphatic heterocycles. The molecule has 0 aromatic heterocycles. The number of likely N-dealkylation sites (tertiary alicyclic amines) is 1. The predicted octanol–water partition coefficient (Wildman–Crippen LogP) is 1.82. The molecule has 1 aromatic carbocycles. The lowest BCUT2D eigenvalue weighted by molar-refractivity contribution is -0.135. The Morgan fingerprint density at radius 1 is 1.22 bits per heavy atom. The Morgan fingerprint density at radius 2 is 1.91 bits per heavy atom. The van der Waals surface area contributed by atoms with Crippen molar-refractivity contribution in [1.29, 1.82) is 0 Å². The van der Waals surface area contributed by atoms with E-state index >= 15 is 0 Å². The fourth-order valence-electron chi connectivity index (χ4n) is 3.93. The summed E-state index contributed by atoms with van der Waals surface area (Å²) in [6.07, 6.45) is 5.06. The maximum absolute atomic E-state index is 13.5. The van der Waals surface area contributed by atoms with Crippen molar-refractivity contribution < 1.29 is 17.9 Å². The summed E-state index contributed by atoms with van der Waals surface area (Å²) in [7, 11) is -3.60. The molecule has 3 aliphatic rings. The molecule has 1 amide bonds. The number of aliphatic imine (C=N–C) groups is 1. The summed E-state index contributed by atoms with van der Waals surface area (Å²) in [5.41, 5.74) is 7.87. The minimum Gasteiger partial charge on any atom is -0.387 e. The summed E-state index contributed by atoms with van der Waals surface area (Å²) >= 11 is 0. The second-order valence-corrected chi connectivity index (χ2v) is 10.8. The van der Waals surface area contributed by atoms with Gasteiger partial charge >= 0.3 is 0 Å². The molecule has 0 spiro atoms. The third-order valence-corrected chi connectivity index (χ3v) is 8.15. The van der Waals surface area contributed by atoms with Crippen LogP contribution in [0.1, 0.15) is 25.3 Å². The highest BCUT2D eigenvalue weighted by Gasteiger charge is 2.44. The number of nitrogens with zero attached hydrogens (tertiary/aromatic N) is 3. The van der Waals surface area contributed by atoms with Crippen LogP contribution in [0.4, 0.5) is 5.69 Å². The number of carbonyl (C=O) groups is 1. The Labute approximate surface area is 189 Å². The van der Waals surface area contributed by atoms with Gasteiger partial charge in [0.15, 0.2) is 9.84 Å². The smallest absolute Gasteiger partial charge is 0.225 e. The molecule has 2 N–H and O–H groups in total. The molecular formula is C23H30N4O4S. The molecule has 2 heterocycles. The molecule has 3 fully saturated rings. The number of anilines is 1. The van der Waals surface area contributed by atoms with Crippen LogP contribution in [0, 0.1) is 5.92 Å². The maximum Gasteiger partial charge on any atom is 0.225 e. The highest BCUT2D eigenvalue weighted by Crippen LogP contribution is 2.35. The number of nitrogens with two attached hydrogens (primary N) is 1. The molecule has 2 saturated heterocycles. The van der Waals surface area contributed by atoms with Gasteiger partial charge in [-0.15, -0.1) is 0 Å². The first-order chi connectivity index (χ1) is 15.3. The number of morpholine rings is 1. The summed E-state index contributed by atoms with van der Waals surface area (Å²) in [5.74, 6) is 0.587. The van der Waals surface area contributed by atoms with Gasteiger partial charge in [0.1, 0.15) is 5.25 Å². The van der Waals surface area contributed by atoms with Gasteiger partial charge in [-0.05, 0) is 49.1 Å². The van der Waals surface area contributed by atoms with Crippen LogP contribution in [0.2, 0.25) is 0 Å². The van der Waals surface area contributed by atoms with Gasteiger partial charge in [0.25, 0.3) is 0 Å². The van der Waals surface area contributed by atoms with E-state index in [1.807, 2.05) is 6.07 Å². The number of amidine groups is 1. The Bertz CT molecular complexity index is 1060. The number of carbonyl (C=O) groups excluding carboxylic acids is 1. The largest absolute Gasteiger partial charge is 0.387 e. The van der Waals surface area contributed by atoms with Crippen molar-refractivity contribution in [3.63, 3.8) is 0 Å². The van der Waals surface area contributed by atoms with Crippen molar-refractivity contribution >= 4 is 32.8 Å². The number of hydrogen-bond donors (Lipinski definition) is 1. The average molecular weight is 459 g/mol. The van der Waals surface area contributed by atoms with Crippen LogP contribution in [-0.2, 0) is 19.4 Å². The summed E-state index contributed by atoms with van der Waals surface area (Å²) < 4.78 is 32.4. The van der Waals surface area contributed by atoms with Gasteiger partial charge in [0, 0.05) is 44.0 Å². The Hall–Kier alpha value is -2.65. The number of allylic oxidation sites excluding steroid dienone is 2. The van der Waals surface area contributed by atoms with E-state index in [0.717, 1.165) is 18.5 Å². The van der Waals surface area contributed by atoms with Gasteiger partial charge in [-0.25, -0.2) is 13.4 Å². The quantitative estimate of drug-likeness (QED) is 0.380. The first kappa shape index (κ1) is 22.5. The van der Waals surface area contributed by atoms with Crippen LogP contribution in [0.25, 0.3) is 5.57 Å². The Balaban J connectivity index is 1.67. The summed E-state index contributed by atoms with van der Waals surface area (Å²) in [6.45, 7) is 8.61. The van der Waals surface area contributed by atoms with Crippen LogP contribution >= 0.6 is 0 Å². The van der Waals surface area contributed by atoms with Crippen molar-refractivity contribution in [3.05, 3.63) is 42.6 Å². The third-order valence-electron chi connectivity index (χ3n) is 6.08. The molecule has 9 heteroatoms. The lowest BCUT2D eigenvalue weighted by Gasteiger charge is -2.39. The summed E-state index contributed by atoms with van der Waals surface area (Å²) in [5, 5.41) is -0.585. The number of sulfone groups is 1. The molecule has 4 rings (SSSR count). The third kappa shape index (κ3) is 4.73. The highest BCUT2D eigenvalue weighted by atomic mass is 32.2. The first-order valence-corrected chi connectivity index (χ1v) is 12.5. The standard InChI is InChI=1S/C23H30N4O4S/c1-3-17(13-25-16(2)24)19-10-20(26-6-8-31-9-7-26)12-21(11-19)32(29,30)22-14-27(15-22)23(28)18-4-5-18/h3,10-13,18,22H,1,4-9,14-15H2,2H3,(H2,24,25)/b17-13+. The van der Waals surface area contributed by atoms with E-state index in [0.29, 0.717) is 43.3 Å². The van der Waals surface area contributed by atoms with Crippen molar-refractivity contribution in [2.45, 2.75) is 29.9 Å². The van der Waals surface area contributed by atoms with Gasteiger partial charge in [0.05, 0.1) is 23.9 Å². The molecule has 1 aliphatic carbocycles. The normalized spacial score (nSPS) is 20.8. The van der Waals surface area contributed by atoms with E-state index in [2.05, 4.69) is 16.5 Å². The number of amides is 1. The van der Waals surface area contributed by atoms with E-state index in [4.69, 9.17) is 10.5 Å². The second-order valence-electron chi connectivity index (χ2n) is 8.56. The maximum atomic E-state index is 13.5. The van der Waals surface area contributed by atoms with Crippen LogP contribution in [-0.4, -0.2) is 69.7 Å². The molecule has 0 bridgehead atoms. The molecule has 1 saturated carbocycles. The van der Waals surface area contributed by atoms with Crippen molar-refractivity contribution in [1.82, 2.24) is 4.90 Å². The van der Waals surface area contributed by atoms with Gasteiger partial charge in [0.2, 0.25) is 5.91 Å². The van der Waals surface area contributed by atoms with Gasteiger partial charge in [-0.2, -0.15) is 0 Å². The molecule has 32 heavy (non-hydrogen) atoms. The Kier molecular flexibility index (Phi) is 6.39. The average Bonchev–Trinajstić information content (AvgIpc) is 3.58. The number of benzene rings is 1. The van der Waals surface area contributed by atoms with Crippen LogP contribution < -0.4 is 10.6 Å². The van der Waals surface area contributed by atoms with E-state index in [-0.39, 0.29) is 29.8 Å². The van der Waals surface area contributed by atoms with Crippen LogP contribution in [0.15, 0.2) is 46.9 Å². The molecular weight excluding hydrogens is 428 g/mol. The minimum atomic E-state index is -3.60. The van der Waals surface area contributed by atoms with Gasteiger partial charge < -0.3 is 20.3 Å². The number of rotatable bonds is 7. The number of ether oxygens (including phenoxy) is 1. The zero-order valence-electron chi connectivity index (χ0n) is 18.4. The molecule has 0 radical (unpaired) electrons. The second kappa shape index (κ2) is 9.07. The topological polar surface area (TPSA) is 105 Å². The van der Waals surface area contributed by atoms with Crippen LogP contribution in [0.3, 0.4) is 0 Å². The Morgan fingerprint density at radius 3 is 2.50 bits per heavy atom. The lowest BCUT2D eigenvalue weighted by atomic mass is 10.1. The zero-order chi connectivity index (χ0) is 22.9. The first-order valence-electron chi connectivity index (χ1n) is 10.9. The highest BCUT2D eigenvalue weighted by molar-refractivity contribution is 7.92. The monoisotopic (exact) mass is 458 g/mol. The zero-order valence-corrected chi connectivity index (χ0v) is 19.2. The summed E-state index contributed by atoms with van der Waals surface area (Å²) in [4.78, 5) is 20.4. The van der Waals surface area contributed by atoms with Crippen molar-refractivity contribution in [2.24, 2.45) is 16.6 Å². The molecule has 8 nitrogen and oxygen atoms in total. The number of hydrogen-bond acceptors (Lipinski definition) is 6. The van der Waals surface area contributed by atoms with E-state index < -0.39 is 15.1 Å². The molecule has 172 valence electrons. The van der Waals surface area contributed by atoms with Crippen molar-refractivity contribution in [2.75, 3.05) is 44.3 Å². The SMILES string of the molecule is C=C/C(=C\N=C(/C)N)c1cc(N2CCOCC2)cc(S(=O)(=O)C2CN(C(=O)C3CC3)C2)c1. The van der Waals surface area contributed by atoms with E-state index in [1.165, 1.54) is 0 Å². The lowest BCUT2D eigenvalue weighted by Crippen LogP contribution is -2.57. The van der Waals surface area contributed by atoms with E-state index in [1.54, 1.807) is 36.2 Å². The van der Waals surface area contributed by atoms with Gasteiger partial charge in [-0.1, -0.05) is 12.7 Å².